The minimum atomic E-state index is -0.926. The molecule has 5 rings (SSSR count). The average molecular weight is 504 g/mol. The maximum absolute atomic E-state index is 13.8. The maximum atomic E-state index is 13.8. The topological polar surface area (TPSA) is 98.6 Å². The van der Waals surface area contributed by atoms with Gasteiger partial charge in [-0.15, -0.1) is 0 Å². The molecule has 3 aromatic rings. The van der Waals surface area contributed by atoms with Gasteiger partial charge in [0, 0.05) is 56.1 Å². The molecule has 2 aromatic heterocycles. The number of anilines is 1. The van der Waals surface area contributed by atoms with E-state index in [4.69, 9.17) is 9.47 Å². The lowest BCUT2D eigenvalue weighted by Gasteiger charge is -2.20. The number of aromatic nitrogens is 3. The van der Waals surface area contributed by atoms with Crippen LogP contribution in [0.4, 0.5) is 14.9 Å². The van der Waals surface area contributed by atoms with Crippen LogP contribution in [0.5, 0.6) is 5.75 Å². The molecule has 1 saturated heterocycles. The SMILES string of the molecule is CN1C(=O)C(NC(=O)n2cc(Cc3cccnc3F)cn2)COc2ccc(C#CC3CCOCC3)cc21. The molecule has 0 spiro atoms. The first kappa shape index (κ1) is 24.5. The predicted octanol–water partition coefficient (Wildman–Crippen LogP) is 2.77. The number of carbonyl (C=O) groups is 2. The summed E-state index contributed by atoms with van der Waals surface area (Å²) >= 11 is 0. The molecule has 0 aliphatic carbocycles. The van der Waals surface area contributed by atoms with Gasteiger partial charge in [0.05, 0.1) is 11.9 Å². The number of halogens is 1. The van der Waals surface area contributed by atoms with E-state index >= 15 is 0 Å². The molecule has 2 aliphatic rings. The lowest BCUT2D eigenvalue weighted by atomic mass is 10.0. The Morgan fingerprint density at radius 1 is 1.27 bits per heavy atom. The fourth-order valence-corrected chi connectivity index (χ4v) is 4.26. The molecule has 190 valence electrons. The van der Waals surface area contributed by atoms with Crippen LogP contribution in [0.3, 0.4) is 0 Å². The van der Waals surface area contributed by atoms with Gasteiger partial charge in [0.15, 0.2) is 0 Å². The predicted molar refractivity (Wildman–Crippen MR) is 133 cm³/mol. The summed E-state index contributed by atoms with van der Waals surface area (Å²) in [5, 5.41) is 6.74. The molecule has 1 atom stereocenters. The van der Waals surface area contributed by atoms with Crippen molar-refractivity contribution >= 4 is 17.6 Å². The zero-order valence-electron chi connectivity index (χ0n) is 20.3. The number of fused-ring (bicyclic) bond motifs is 1. The summed E-state index contributed by atoms with van der Waals surface area (Å²) in [5.41, 5.74) is 2.39. The van der Waals surface area contributed by atoms with Gasteiger partial charge >= 0.3 is 6.03 Å². The molecule has 2 amide bonds. The fourth-order valence-electron chi connectivity index (χ4n) is 4.26. The molecule has 1 aromatic carbocycles. The van der Waals surface area contributed by atoms with Gasteiger partial charge in [-0.25, -0.2) is 9.78 Å². The zero-order valence-corrected chi connectivity index (χ0v) is 20.3. The van der Waals surface area contributed by atoms with Crippen molar-refractivity contribution in [2.24, 2.45) is 5.92 Å². The second kappa shape index (κ2) is 10.8. The highest BCUT2D eigenvalue weighted by Gasteiger charge is 2.31. The molecular weight excluding hydrogens is 477 g/mol. The summed E-state index contributed by atoms with van der Waals surface area (Å²) in [6, 6.07) is 7.21. The first-order chi connectivity index (χ1) is 18.0. The van der Waals surface area contributed by atoms with Crippen molar-refractivity contribution in [2.75, 3.05) is 31.8 Å². The molecule has 0 saturated carbocycles. The third-order valence-corrected chi connectivity index (χ3v) is 6.37. The van der Waals surface area contributed by atoms with Crippen molar-refractivity contribution in [1.82, 2.24) is 20.1 Å². The minimum absolute atomic E-state index is 0.0377. The van der Waals surface area contributed by atoms with Crippen LogP contribution >= 0.6 is 0 Å². The van der Waals surface area contributed by atoms with E-state index in [0.29, 0.717) is 28.5 Å². The van der Waals surface area contributed by atoms with Crippen LogP contribution in [-0.2, 0) is 16.0 Å². The van der Waals surface area contributed by atoms with E-state index in [1.807, 2.05) is 12.1 Å². The Hall–Kier alpha value is -4.23. The summed E-state index contributed by atoms with van der Waals surface area (Å²) in [5.74, 6) is 6.43. The van der Waals surface area contributed by atoms with E-state index < -0.39 is 18.0 Å². The number of hydrogen-bond donors (Lipinski definition) is 1. The van der Waals surface area contributed by atoms with Crippen molar-refractivity contribution < 1.29 is 23.5 Å². The van der Waals surface area contributed by atoms with Gasteiger partial charge in [-0.1, -0.05) is 17.9 Å². The molecular formula is C27H26FN5O4. The maximum Gasteiger partial charge on any atom is 0.342 e. The van der Waals surface area contributed by atoms with Crippen LogP contribution in [0.25, 0.3) is 0 Å². The Balaban J connectivity index is 1.25. The van der Waals surface area contributed by atoms with E-state index in [9.17, 15) is 14.0 Å². The molecule has 4 heterocycles. The van der Waals surface area contributed by atoms with Crippen LogP contribution in [-0.4, -0.2) is 59.6 Å². The highest BCUT2D eigenvalue weighted by molar-refractivity contribution is 6.00. The van der Waals surface area contributed by atoms with Crippen molar-refractivity contribution in [1.29, 1.82) is 0 Å². The first-order valence-corrected chi connectivity index (χ1v) is 12.1. The molecule has 2 aliphatic heterocycles. The number of amides is 2. The van der Waals surface area contributed by atoms with E-state index in [2.05, 4.69) is 27.2 Å². The fraction of sp³-hybridized carbons (Fsp3) is 0.333. The number of benzene rings is 1. The number of likely N-dealkylation sites (N-methyl/N-ethyl adjacent to an activating group) is 1. The van der Waals surface area contributed by atoms with Gasteiger partial charge in [-0.3, -0.25) is 4.79 Å². The Kier molecular flexibility index (Phi) is 7.14. The van der Waals surface area contributed by atoms with Crippen molar-refractivity contribution in [3.63, 3.8) is 0 Å². The molecule has 0 bridgehead atoms. The van der Waals surface area contributed by atoms with Crippen LogP contribution in [0, 0.1) is 23.7 Å². The van der Waals surface area contributed by atoms with Crippen LogP contribution in [0.15, 0.2) is 48.9 Å². The van der Waals surface area contributed by atoms with Gasteiger partial charge in [-0.05, 0) is 42.7 Å². The number of nitrogens with zero attached hydrogens (tertiary/aromatic N) is 4. The lowest BCUT2D eigenvalue weighted by Crippen LogP contribution is -2.50. The normalized spacial score (nSPS) is 17.7. The molecule has 0 radical (unpaired) electrons. The summed E-state index contributed by atoms with van der Waals surface area (Å²) < 4.78 is 26.2. The highest BCUT2D eigenvalue weighted by Crippen LogP contribution is 2.31. The molecule has 1 N–H and O–H groups in total. The first-order valence-electron chi connectivity index (χ1n) is 12.1. The van der Waals surface area contributed by atoms with Gasteiger partial charge in [0.1, 0.15) is 18.4 Å². The Morgan fingerprint density at radius 3 is 2.92 bits per heavy atom. The Morgan fingerprint density at radius 2 is 2.11 bits per heavy atom. The Labute approximate surface area is 213 Å². The van der Waals surface area contributed by atoms with Crippen molar-refractivity contribution in [3.8, 4) is 17.6 Å². The van der Waals surface area contributed by atoms with Crippen LogP contribution < -0.4 is 15.0 Å². The van der Waals surface area contributed by atoms with Gasteiger partial charge in [-0.2, -0.15) is 14.2 Å². The number of pyridine rings is 1. The van der Waals surface area contributed by atoms with E-state index in [1.54, 1.807) is 25.2 Å². The molecule has 10 heteroatoms. The largest absolute Gasteiger partial charge is 0.489 e. The number of hydrogen-bond acceptors (Lipinski definition) is 6. The van der Waals surface area contributed by atoms with Crippen molar-refractivity contribution in [3.05, 3.63) is 71.6 Å². The highest BCUT2D eigenvalue weighted by atomic mass is 19.1. The zero-order chi connectivity index (χ0) is 25.8. The second-order valence-electron chi connectivity index (χ2n) is 8.97. The van der Waals surface area contributed by atoms with Crippen molar-refractivity contribution in [2.45, 2.75) is 25.3 Å². The number of rotatable bonds is 3. The standard InChI is InChI=1S/C27H26FN5O4/c1-32-23-14-19(5-4-18-8-11-36-12-9-18)6-7-24(23)37-17-22(26(32)34)31-27(35)33-16-20(15-30-33)13-21-3-2-10-29-25(21)28/h2-3,6-7,10,14-16,18,22H,8-9,11-13,17H2,1H3,(H,31,35). The minimum Gasteiger partial charge on any atom is -0.489 e. The molecule has 1 fully saturated rings. The van der Waals surface area contributed by atoms with Gasteiger partial charge in [0.25, 0.3) is 5.91 Å². The average Bonchev–Trinajstić information content (AvgIpc) is 3.36. The number of carbonyl (C=O) groups excluding carboxylic acids is 2. The summed E-state index contributed by atoms with van der Waals surface area (Å²) in [7, 11) is 1.64. The third-order valence-electron chi connectivity index (χ3n) is 6.37. The number of nitrogens with one attached hydrogen (secondary N) is 1. The lowest BCUT2D eigenvalue weighted by molar-refractivity contribution is -0.120. The molecule has 1 unspecified atom stereocenters. The smallest absolute Gasteiger partial charge is 0.342 e. The van der Waals surface area contributed by atoms with E-state index in [-0.39, 0.29) is 18.9 Å². The Bertz CT molecular complexity index is 1370. The number of ether oxygens (including phenoxy) is 2. The van der Waals surface area contributed by atoms with Crippen LogP contribution in [0.1, 0.15) is 29.5 Å². The van der Waals surface area contributed by atoms with Gasteiger partial charge in [0.2, 0.25) is 5.95 Å². The van der Waals surface area contributed by atoms with Crippen LogP contribution in [0.2, 0.25) is 0 Å². The quantitative estimate of drug-likeness (QED) is 0.436. The van der Waals surface area contributed by atoms with Gasteiger partial charge < -0.3 is 19.7 Å². The summed E-state index contributed by atoms with van der Waals surface area (Å²) in [4.78, 5) is 31.1. The molecule has 37 heavy (non-hydrogen) atoms. The second-order valence-corrected chi connectivity index (χ2v) is 8.97. The van der Waals surface area contributed by atoms with E-state index in [1.165, 1.54) is 23.5 Å². The molecule has 9 nitrogen and oxygen atoms in total. The van der Waals surface area contributed by atoms with E-state index in [0.717, 1.165) is 36.3 Å². The summed E-state index contributed by atoms with van der Waals surface area (Å²) in [6.07, 6.45) is 6.40. The summed E-state index contributed by atoms with van der Waals surface area (Å²) in [6.45, 7) is 1.42. The monoisotopic (exact) mass is 503 g/mol. The third kappa shape index (κ3) is 5.62.